The maximum absolute atomic E-state index is 13.8. The molecule has 3 rings (SSSR count). The van der Waals surface area contributed by atoms with Crippen molar-refractivity contribution >= 4 is 18.8 Å². The topological polar surface area (TPSA) is 42.6 Å². The second-order valence-electron chi connectivity index (χ2n) is 9.32. The molecular weight excluding hydrogens is 416 g/mol. The first-order valence-electron chi connectivity index (χ1n) is 11.0. The number of ether oxygens (including phenoxy) is 1. The predicted octanol–water partition coefficient (Wildman–Crippen LogP) is 6.35. The van der Waals surface area contributed by atoms with E-state index in [2.05, 4.69) is 6.92 Å². The van der Waals surface area contributed by atoms with Crippen molar-refractivity contribution in [2.45, 2.75) is 70.7 Å². The van der Waals surface area contributed by atoms with Crippen molar-refractivity contribution in [2.24, 2.45) is 0 Å². The highest BCUT2D eigenvalue weighted by Gasteiger charge is 2.37. The van der Waals surface area contributed by atoms with Crippen LogP contribution in [0.2, 0.25) is 0 Å². The third-order valence-corrected chi connectivity index (χ3v) is 6.06. The number of unbranched alkanes of at least 4 members (excludes halogenated alkanes) is 2. The zero-order valence-electron chi connectivity index (χ0n) is 19.3. The highest BCUT2D eigenvalue weighted by molar-refractivity contribution is 6.15. The molecular formula is C25H30BF3O3. The fraction of sp³-hybridized carbons (Fsp3) is 0.440. The number of furan rings is 1. The van der Waals surface area contributed by atoms with Gasteiger partial charge < -0.3 is 14.3 Å². The van der Waals surface area contributed by atoms with Crippen molar-refractivity contribution in [2.75, 3.05) is 0 Å². The van der Waals surface area contributed by atoms with Crippen LogP contribution in [0.1, 0.15) is 58.1 Å². The van der Waals surface area contributed by atoms with Gasteiger partial charge in [-0.15, -0.1) is 0 Å². The predicted molar refractivity (Wildman–Crippen MR) is 124 cm³/mol. The van der Waals surface area contributed by atoms with E-state index in [4.69, 9.17) is 9.15 Å². The Morgan fingerprint density at radius 3 is 2.34 bits per heavy atom. The number of halogens is 3. The van der Waals surface area contributed by atoms with E-state index < -0.39 is 22.8 Å². The Hall–Kier alpha value is -2.41. The average Bonchev–Trinajstić information content (AvgIpc) is 3.09. The minimum atomic E-state index is -4.49. The number of hydrogen-bond acceptors (Lipinski definition) is 3. The average molecular weight is 446 g/mol. The summed E-state index contributed by atoms with van der Waals surface area (Å²) in [5, 5.41) is 11.0. The van der Waals surface area contributed by atoms with Gasteiger partial charge in [-0.25, -0.2) is 0 Å². The summed E-state index contributed by atoms with van der Waals surface area (Å²) in [6.45, 7) is 7.14. The van der Waals surface area contributed by atoms with Crippen LogP contribution in [0, 0.1) is 0 Å². The molecule has 2 aromatic carbocycles. The largest absolute Gasteiger partial charge is 0.494 e. The molecule has 0 bridgehead atoms. The molecule has 0 amide bonds. The summed E-state index contributed by atoms with van der Waals surface area (Å²) in [5.41, 5.74) is -1.55. The van der Waals surface area contributed by atoms with E-state index in [-0.39, 0.29) is 11.3 Å². The molecule has 3 aromatic rings. The summed E-state index contributed by atoms with van der Waals surface area (Å²) in [5.74, 6) is 0.624. The van der Waals surface area contributed by atoms with Gasteiger partial charge in [-0.3, -0.25) is 0 Å². The van der Waals surface area contributed by atoms with Gasteiger partial charge >= 0.3 is 6.18 Å². The lowest BCUT2D eigenvalue weighted by Crippen LogP contribution is -2.52. The van der Waals surface area contributed by atoms with Crippen LogP contribution in [-0.4, -0.2) is 24.1 Å². The molecule has 1 atom stereocenters. The van der Waals surface area contributed by atoms with E-state index in [0.29, 0.717) is 28.7 Å². The number of benzene rings is 2. The van der Waals surface area contributed by atoms with E-state index in [1.165, 1.54) is 12.1 Å². The third-order valence-electron chi connectivity index (χ3n) is 6.06. The molecule has 172 valence electrons. The number of aryl methyl sites for hydroxylation is 1. The summed E-state index contributed by atoms with van der Waals surface area (Å²) in [7, 11) is 1.77. The lowest BCUT2D eigenvalue weighted by atomic mass is 9.71. The van der Waals surface area contributed by atoms with Crippen molar-refractivity contribution in [3.05, 3.63) is 53.6 Å². The Kier molecular flexibility index (Phi) is 6.71. The molecule has 3 nitrogen and oxygen atoms in total. The van der Waals surface area contributed by atoms with Crippen LogP contribution < -0.4 is 4.74 Å². The van der Waals surface area contributed by atoms with Crippen LogP contribution >= 0.6 is 0 Å². The Labute approximate surface area is 188 Å². The molecule has 1 heterocycles. The van der Waals surface area contributed by atoms with E-state index in [9.17, 15) is 18.3 Å². The van der Waals surface area contributed by atoms with E-state index >= 15 is 0 Å². The van der Waals surface area contributed by atoms with Crippen LogP contribution in [0.15, 0.2) is 46.9 Å². The minimum absolute atomic E-state index is 0.0206. The number of fused-ring (bicyclic) bond motifs is 1. The number of aliphatic hydroxyl groups is 1. The van der Waals surface area contributed by atoms with Gasteiger partial charge in [0.2, 0.25) is 0 Å². The van der Waals surface area contributed by atoms with E-state index in [1.807, 2.05) is 0 Å². The maximum atomic E-state index is 13.8. The molecule has 0 saturated carbocycles. The molecule has 1 aromatic heterocycles. The molecule has 0 aliphatic carbocycles. The smallest absolute Gasteiger partial charge is 0.417 e. The molecule has 1 unspecified atom stereocenters. The van der Waals surface area contributed by atoms with Gasteiger partial charge in [0.15, 0.2) is 7.85 Å². The number of hydrogen-bond donors (Lipinski definition) is 1. The van der Waals surface area contributed by atoms with Crippen molar-refractivity contribution in [1.29, 1.82) is 0 Å². The highest BCUT2D eigenvalue weighted by Crippen LogP contribution is 2.40. The van der Waals surface area contributed by atoms with Crippen molar-refractivity contribution < 1.29 is 27.4 Å². The first kappa shape index (κ1) is 24.2. The summed E-state index contributed by atoms with van der Waals surface area (Å²) in [6, 6.07) is 11.2. The summed E-state index contributed by atoms with van der Waals surface area (Å²) in [4.78, 5) is 0. The quantitative estimate of drug-likeness (QED) is 0.324. The van der Waals surface area contributed by atoms with Crippen LogP contribution in [0.25, 0.3) is 22.3 Å². The van der Waals surface area contributed by atoms with Crippen LogP contribution in [0.4, 0.5) is 13.2 Å². The third kappa shape index (κ3) is 5.32. The fourth-order valence-electron chi connectivity index (χ4n) is 3.40. The van der Waals surface area contributed by atoms with Crippen molar-refractivity contribution in [3.63, 3.8) is 0 Å². The molecule has 32 heavy (non-hydrogen) atoms. The minimum Gasteiger partial charge on any atom is -0.494 e. The molecule has 0 saturated heterocycles. The molecule has 1 N–H and O–H groups in total. The highest BCUT2D eigenvalue weighted by atomic mass is 19.4. The van der Waals surface area contributed by atoms with Gasteiger partial charge in [0.1, 0.15) is 17.1 Å². The van der Waals surface area contributed by atoms with Crippen molar-refractivity contribution in [3.8, 4) is 17.1 Å². The fourth-order valence-corrected chi connectivity index (χ4v) is 3.40. The molecule has 7 heteroatoms. The van der Waals surface area contributed by atoms with E-state index in [1.54, 1.807) is 58.9 Å². The standard InChI is InChI=1S/C25H30BF3O3/c1-5-6-7-8-16-9-12-19(20(13-16)25(27,28)29)22-14-17-10-11-18(15-21(17)31-22)32-24(4,26)23(2,3)30/h9-15,30H,5-8,26H2,1-4H3. The SMILES string of the molecule is BC(C)(Oc1ccc2cc(-c3ccc(CCCCC)cc3C(F)(F)F)oc2c1)C(C)(C)O. The Balaban J connectivity index is 1.97. The van der Waals surface area contributed by atoms with Crippen LogP contribution in [0.5, 0.6) is 5.75 Å². The van der Waals surface area contributed by atoms with Gasteiger partial charge in [-0.1, -0.05) is 31.9 Å². The lowest BCUT2D eigenvalue weighted by molar-refractivity contribution is -0.137. The van der Waals surface area contributed by atoms with Gasteiger partial charge in [-0.2, -0.15) is 13.2 Å². The molecule has 0 fully saturated rings. The maximum Gasteiger partial charge on any atom is 0.417 e. The summed E-state index contributed by atoms with van der Waals surface area (Å²) >= 11 is 0. The second-order valence-corrected chi connectivity index (χ2v) is 9.32. The first-order valence-corrected chi connectivity index (χ1v) is 11.0. The summed E-state index contributed by atoms with van der Waals surface area (Å²) < 4.78 is 53.3. The van der Waals surface area contributed by atoms with Gasteiger partial charge in [-0.05, 0) is 63.4 Å². The van der Waals surface area contributed by atoms with Gasteiger partial charge in [0.25, 0.3) is 0 Å². The number of alkyl halides is 3. The zero-order chi connectivity index (χ0) is 23.7. The molecule has 0 aliphatic heterocycles. The zero-order valence-corrected chi connectivity index (χ0v) is 19.3. The van der Waals surface area contributed by atoms with Crippen LogP contribution in [-0.2, 0) is 12.6 Å². The summed E-state index contributed by atoms with van der Waals surface area (Å²) in [6.07, 6.45) is -1.00. The Morgan fingerprint density at radius 2 is 1.72 bits per heavy atom. The Morgan fingerprint density at radius 1 is 1.00 bits per heavy atom. The van der Waals surface area contributed by atoms with Crippen molar-refractivity contribution in [1.82, 2.24) is 0 Å². The van der Waals surface area contributed by atoms with E-state index in [0.717, 1.165) is 19.3 Å². The first-order chi connectivity index (χ1) is 14.8. The monoisotopic (exact) mass is 446 g/mol. The van der Waals surface area contributed by atoms with Gasteiger partial charge in [0.05, 0.1) is 16.7 Å². The van der Waals surface area contributed by atoms with Crippen LogP contribution in [0.3, 0.4) is 0 Å². The number of rotatable bonds is 8. The Bertz CT molecular complexity index is 1080. The lowest BCUT2D eigenvalue weighted by Gasteiger charge is -2.37. The molecule has 0 radical (unpaired) electrons. The molecule has 0 spiro atoms. The normalized spacial score (nSPS) is 14.5. The second kappa shape index (κ2) is 8.85. The van der Waals surface area contributed by atoms with Gasteiger partial charge in [0, 0.05) is 17.0 Å². The molecule has 0 aliphatic rings.